The highest BCUT2D eigenvalue weighted by Gasteiger charge is 2.29. The Hall–Kier alpha value is -2.02. The zero-order valence-electron chi connectivity index (χ0n) is 18.7. The Bertz CT molecular complexity index is 911. The van der Waals surface area contributed by atoms with Crippen LogP contribution in [0.15, 0.2) is 29.4 Å². The largest absolute Gasteiger partial charge is 0.352 e. The van der Waals surface area contributed by atoms with E-state index >= 15 is 0 Å². The molecule has 168 valence electrons. The predicted octanol–water partition coefficient (Wildman–Crippen LogP) is 4.37. The molecule has 2 fully saturated rings. The van der Waals surface area contributed by atoms with Gasteiger partial charge < -0.3 is 14.8 Å². The first-order chi connectivity index (χ1) is 15.0. The Morgan fingerprint density at radius 1 is 1.03 bits per heavy atom. The van der Waals surface area contributed by atoms with E-state index in [0.717, 1.165) is 41.9 Å². The number of hydrogen-bond acceptors (Lipinski definition) is 4. The second-order valence-electron chi connectivity index (χ2n) is 9.09. The summed E-state index contributed by atoms with van der Waals surface area (Å²) in [4.78, 5) is 32.6. The van der Waals surface area contributed by atoms with Crippen molar-refractivity contribution in [1.82, 2.24) is 19.8 Å². The standard InChI is InChI=1S/C24H34N4O2S/c1-17-9-8-10-18(2)28(17)23(30)16-31-24-26-20-13-6-7-14-21(20)27(24)15-22(29)25-19-11-4-3-5-12-19/h6-7,13-14,17-19H,3-5,8-12,15-16H2,1-2H3,(H,25,29)/t17-,18+. The summed E-state index contributed by atoms with van der Waals surface area (Å²) in [6.45, 7) is 4.52. The summed E-state index contributed by atoms with van der Waals surface area (Å²) >= 11 is 1.45. The van der Waals surface area contributed by atoms with Gasteiger partial charge in [-0.15, -0.1) is 0 Å². The second kappa shape index (κ2) is 10.1. The Kier molecular flexibility index (Phi) is 7.20. The maximum atomic E-state index is 13.0. The number of nitrogens with zero attached hydrogens (tertiary/aromatic N) is 3. The number of carbonyl (C=O) groups excluding carboxylic acids is 2. The molecule has 7 heteroatoms. The monoisotopic (exact) mass is 442 g/mol. The van der Waals surface area contributed by atoms with Gasteiger partial charge in [0.15, 0.2) is 5.16 Å². The minimum Gasteiger partial charge on any atom is -0.352 e. The first-order valence-electron chi connectivity index (χ1n) is 11.7. The highest BCUT2D eigenvalue weighted by atomic mass is 32.2. The van der Waals surface area contributed by atoms with Crippen LogP contribution in [0, 0.1) is 0 Å². The van der Waals surface area contributed by atoms with Crippen molar-refractivity contribution < 1.29 is 9.59 Å². The molecule has 1 N–H and O–H groups in total. The van der Waals surface area contributed by atoms with Crippen molar-refractivity contribution >= 4 is 34.6 Å². The highest BCUT2D eigenvalue weighted by Crippen LogP contribution is 2.27. The molecule has 2 aromatic rings. The Labute approximate surface area is 189 Å². The number of aromatic nitrogens is 2. The molecule has 1 saturated carbocycles. The van der Waals surface area contributed by atoms with Crippen LogP contribution >= 0.6 is 11.8 Å². The zero-order chi connectivity index (χ0) is 21.8. The first kappa shape index (κ1) is 22.2. The van der Waals surface area contributed by atoms with Crippen LogP contribution in [0.1, 0.15) is 65.2 Å². The molecular weight excluding hydrogens is 408 g/mol. The number of para-hydroxylation sites is 2. The van der Waals surface area contributed by atoms with Crippen LogP contribution in [0.3, 0.4) is 0 Å². The molecule has 2 atom stereocenters. The molecule has 1 aromatic heterocycles. The third-order valence-corrected chi connectivity index (χ3v) is 7.66. The van der Waals surface area contributed by atoms with E-state index in [1.807, 2.05) is 33.7 Å². The van der Waals surface area contributed by atoms with Crippen LogP contribution in [0.5, 0.6) is 0 Å². The minimum absolute atomic E-state index is 0.0292. The van der Waals surface area contributed by atoms with E-state index in [0.29, 0.717) is 5.75 Å². The predicted molar refractivity (Wildman–Crippen MR) is 125 cm³/mol. The number of amides is 2. The van der Waals surface area contributed by atoms with Gasteiger partial charge in [-0.2, -0.15) is 0 Å². The number of carbonyl (C=O) groups is 2. The van der Waals surface area contributed by atoms with E-state index in [4.69, 9.17) is 4.98 Å². The third-order valence-electron chi connectivity index (χ3n) is 6.70. The lowest BCUT2D eigenvalue weighted by Crippen LogP contribution is -2.48. The van der Waals surface area contributed by atoms with Crippen LogP contribution in [-0.2, 0) is 16.1 Å². The molecule has 1 saturated heterocycles. The van der Waals surface area contributed by atoms with Gasteiger partial charge in [-0.3, -0.25) is 9.59 Å². The lowest BCUT2D eigenvalue weighted by Gasteiger charge is -2.39. The van der Waals surface area contributed by atoms with Crippen LogP contribution in [0.25, 0.3) is 11.0 Å². The van der Waals surface area contributed by atoms with Crippen LogP contribution < -0.4 is 5.32 Å². The van der Waals surface area contributed by atoms with E-state index < -0.39 is 0 Å². The van der Waals surface area contributed by atoms with Gasteiger partial charge in [0.05, 0.1) is 16.8 Å². The molecule has 0 unspecified atom stereocenters. The van der Waals surface area contributed by atoms with Gasteiger partial charge in [0, 0.05) is 18.1 Å². The number of fused-ring (bicyclic) bond motifs is 1. The lowest BCUT2D eigenvalue weighted by atomic mass is 9.95. The average Bonchev–Trinajstić information content (AvgIpc) is 3.10. The number of likely N-dealkylation sites (tertiary alicyclic amines) is 1. The van der Waals surface area contributed by atoms with Gasteiger partial charge in [0.25, 0.3) is 0 Å². The number of imidazole rings is 1. The molecule has 0 bridgehead atoms. The number of hydrogen-bond donors (Lipinski definition) is 1. The van der Waals surface area contributed by atoms with Crippen molar-refractivity contribution in [2.24, 2.45) is 0 Å². The number of rotatable bonds is 6. The van der Waals surface area contributed by atoms with Crippen molar-refractivity contribution in [3.05, 3.63) is 24.3 Å². The van der Waals surface area contributed by atoms with Gasteiger partial charge in [-0.25, -0.2) is 4.98 Å². The fraction of sp³-hybridized carbons (Fsp3) is 0.625. The molecule has 31 heavy (non-hydrogen) atoms. The molecule has 1 aromatic carbocycles. The van der Waals surface area contributed by atoms with Gasteiger partial charge in [0.2, 0.25) is 11.8 Å². The number of piperidine rings is 1. The maximum absolute atomic E-state index is 13.0. The smallest absolute Gasteiger partial charge is 0.240 e. The summed E-state index contributed by atoms with van der Waals surface area (Å²) < 4.78 is 1.97. The molecule has 4 rings (SSSR count). The fourth-order valence-corrected chi connectivity index (χ4v) is 5.98. The molecule has 2 aliphatic rings. The zero-order valence-corrected chi connectivity index (χ0v) is 19.5. The Morgan fingerprint density at radius 3 is 2.48 bits per heavy atom. The summed E-state index contributed by atoms with van der Waals surface area (Å²) in [6, 6.07) is 8.75. The van der Waals surface area contributed by atoms with Crippen molar-refractivity contribution in [3.63, 3.8) is 0 Å². The first-order valence-corrected chi connectivity index (χ1v) is 12.7. The summed E-state index contributed by atoms with van der Waals surface area (Å²) in [5, 5.41) is 3.95. The van der Waals surface area contributed by atoms with Crippen molar-refractivity contribution in [2.45, 2.75) is 95.0 Å². The van der Waals surface area contributed by atoms with Crippen LogP contribution in [0.2, 0.25) is 0 Å². The summed E-state index contributed by atoms with van der Waals surface area (Å²) in [5.74, 6) is 0.541. The maximum Gasteiger partial charge on any atom is 0.240 e. The molecule has 1 aliphatic heterocycles. The lowest BCUT2D eigenvalue weighted by molar-refractivity contribution is -0.134. The number of thioether (sulfide) groups is 1. The van der Waals surface area contributed by atoms with Gasteiger partial charge >= 0.3 is 0 Å². The Balaban J connectivity index is 1.47. The van der Waals surface area contributed by atoms with Gasteiger partial charge in [-0.05, 0) is 58.1 Å². The summed E-state index contributed by atoms with van der Waals surface area (Å²) in [6.07, 6.45) is 9.11. The molecule has 1 aliphatic carbocycles. The quantitative estimate of drug-likeness (QED) is 0.675. The fourth-order valence-electron chi connectivity index (χ4n) is 5.09. The average molecular weight is 443 g/mol. The van der Waals surface area contributed by atoms with Crippen molar-refractivity contribution in [1.29, 1.82) is 0 Å². The van der Waals surface area contributed by atoms with E-state index in [9.17, 15) is 9.59 Å². The SMILES string of the molecule is C[C@@H]1CCC[C@H](C)N1C(=O)CSc1nc2ccccc2n1CC(=O)NC1CCCCC1. The topological polar surface area (TPSA) is 67.2 Å². The van der Waals surface area contributed by atoms with E-state index in [-0.39, 0.29) is 36.5 Å². The van der Waals surface area contributed by atoms with Crippen LogP contribution in [0.4, 0.5) is 0 Å². The minimum atomic E-state index is 0.0292. The van der Waals surface area contributed by atoms with E-state index in [1.165, 1.54) is 37.4 Å². The van der Waals surface area contributed by atoms with Crippen molar-refractivity contribution in [3.8, 4) is 0 Å². The number of nitrogens with one attached hydrogen (secondary N) is 1. The summed E-state index contributed by atoms with van der Waals surface area (Å²) in [5.41, 5.74) is 1.80. The normalized spacial score (nSPS) is 22.6. The third kappa shape index (κ3) is 5.25. The van der Waals surface area contributed by atoms with Crippen molar-refractivity contribution in [2.75, 3.05) is 5.75 Å². The van der Waals surface area contributed by atoms with Gasteiger partial charge in [-0.1, -0.05) is 43.2 Å². The molecular formula is C24H34N4O2S. The van der Waals surface area contributed by atoms with E-state index in [1.54, 1.807) is 0 Å². The molecule has 6 nitrogen and oxygen atoms in total. The second-order valence-corrected chi connectivity index (χ2v) is 10.0. The number of benzene rings is 1. The summed E-state index contributed by atoms with van der Waals surface area (Å²) in [7, 11) is 0. The Morgan fingerprint density at radius 2 is 1.74 bits per heavy atom. The molecule has 0 radical (unpaired) electrons. The molecule has 2 heterocycles. The van der Waals surface area contributed by atoms with Crippen LogP contribution in [-0.4, -0.2) is 50.1 Å². The highest BCUT2D eigenvalue weighted by molar-refractivity contribution is 7.99. The molecule has 0 spiro atoms. The van der Waals surface area contributed by atoms with E-state index in [2.05, 4.69) is 19.2 Å². The van der Waals surface area contributed by atoms with Gasteiger partial charge in [0.1, 0.15) is 6.54 Å². The molecule has 2 amide bonds.